The van der Waals surface area contributed by atoms with Gasteiger partial charge in [-0.15, -0.1) is 0 Å². The minimum absolute atomic E-state index is 0.896. The first-order valence-electron chi connectivity index (χ1n) is 7.91. The van der Waals surface area contributed by atoms with E-state index < -0.39 is 0 Å². The molecule has 0 aliphatic rings. The molecule has 3 rings (SSSR count). The van der Waals surface area contributed by atoms with Gasteiger partial charge in [0.25, 0.3) is 0 Å². The van der Waals surface area contributed by atoms with Gasteiger partial charge in [0, 0.05) is 0 Å². The molecule has 5 nitrogen and oxygen atoms in total. The molecule has 0 saturated carbocycles. The van der Waals surface area contributed by atoms with Crippen molar-refractivity contribution in [2.75, 3.05) is 0 Å². The standard InChI is InChI=1S/C17H21N5.Pt/c1-15-18-17(20-19-15)10-6-3-7-11-21-12-13-22(14-21)16-8-4-2-5-9-16;/h2,4-5,8-9,12-13H,3,6-7,10-11H2,1H3,(H,18,19,20);. The normalized spacial score (nSPS) is 11.1. The zero-order chi connectivity index (χ0) is 16.1. The second-order valence-corrected chi connectivity index (χ2v) is 6.62. The molecule has 0 fully saturated rings. The third-order valence-electron chi connectivity index (χ3n) is 3.79. The number of aromatic amines is 1. The summed E-state index contributed by atoms with van der Waals surface area (Å²) in [7, 11) is 0. The Labute approximate surface area is 146 Å². The van der Waals surface area contributed by atoms with Crippen molar-refractivity contribution in [1.82, 2.24) is 24.3 Å². The number of nitrogens with zero attached hydrogens (tertiary/aromatic N) is 4. The second-order valence-electron chi connectivity index (χ2n) is 5.61. The summed E-state index contributed by atoms with van der Waals surface area (Å²) >= 11 is 2.40. The van der Waals surface area contributed by atoms with Crippen LogP contribution in [0.3, 0.4) is 0 Å². The van der Waals surface area contributed by atoms with Gasteiger partial charge in [0.15, 0.2) is 0 Å². The predicted molar refractivity (Wildman–Crippen MR) is 85.7 cm³/mol. The molecule has 0 aliphatic heterocycles. The first-order valence-corrected chi connectivity index (χ1v) is 9.04. The summed E-state index contributed by atoms with van der Waals surface area (Å²) in [6.45, 7) is 2.99. The van der Waals surface area contributed by atoms with Crippen molar-refractivity contribution >= 4 is 0 Å². The van der Waals surface area contributed by atoms with Crippen LogP contribution in [-0.2, 0) is 32.3 Å². The summed E-state index contributed by atoms with van der Waals surface area (Å²) < 4.78 is 5.77. The second kappa shape index (κ2) is 7.69. The van der Waals surface area contributed by atoms with Crippen LogP contribution in [0, 0.1) is 10.7 Å². The molecule has 124 valence electrons. The van der Waals surface area contributed by atoms with E-state index in [0.717, 1.165) is 31.0 Å². The number of benzene rings is 1. The molecule has 1 aromatic carbocycles. The number of H-pyrrole nitrogens is 1. The van der Waals surface area contributed by atoms with Gasteiger partial charge in [-0.1, -0.05) is 0 Å². The van der Waals surface area contributed by atoms with Crippen LogP contribution in [-0.4, -0.2) is 24.3 Å². The zero-order valence-electron chi connectivity index (χ0n) is 13.2. The molecule has 2 heterocycles. The molecular formula is C17H21N5Pt. The monoisotopic (exact) mass is 490 g/mol. The Bertz CT molecular complexity index is 800. The van der Waals surface area contributed by atoms with Crippen LogP contribution in [0.4, 0.5) is 0 Å². The van der Waals surface area contributed by atoms with E-state index in [1.54, 1.807) is 0 Å². The molecule has 0 saturated heterocycles. The molecule has 0 spiro atoms. The summed E-state index contributed by atoms with van der Waals surface area (Å²) in [6, 6.07) is 10.4. The number of imidazole rings is 1. The molecule has 0 bridgehead atoms. The van der Waals surface area contributed by atoms with Crippen molar-refractivity contribution in [3.8, 4) is 5.69 Å². The minimum atomic E-state index is 0.896. The number of aryl methyl sites for hydroxylation is 3. The molecule has 23 heavy (non-hydrogen) atoms. The Morgan fingerprint density at radius 1 is 1.04 bits per heavy atom. The van der Waals surface area contributed by atoms with Gasteiger partial charge in [-0.2, -0.15) is 0 Å². The van der Waals surface area contributed by atoms with Gasteiger partial charge in [0.05, 0.1) is 0 Å². The number of nitrogens with one attached hydrogen (secondary N) is 1. The number of rotatable bonds is 7. The quantitative estimate of drug-likeness (QED) is 0.518. The predicted octanol–water partition coefficient (Wildman–Crippen LogP) is 3.20. The van der Waals surface area contributed by atoms with Crippen LogP contribution in [0.15, 0.2) is 42.7 Å². The molecule has 0 unspecified atom stereocenters. The average molecular weight is 490 g/mol. The zero-order valence-corrected chi connectivity index (χ0v) is 15.5. The summed E-state index contributed by atoms with van der Waals surface area (Å²) in [5.74, 6) is 1.90. The third kappa shape index (κ3) is 4.17. The fourth-order valence-corrected chi connectivity index (χ4v) is 3.48. The van der Waals surface area contributed by atoms with Crippen LogP contribution < -0.4 is 0 Å². The molecule has 0 aliphatic carbocycles. The van der Waals surface area contributed by atoms with E-state index in [2.05, 4.69) is 80.3 Å². The van der Waals surface area contributed by atoms with E-state index in [1.165, 1.54) is 22.3 Å². The SMILES string of the molecule is Cc1nnc(CCCCCn2ccn(-c3ccccc3)[c]2=[Pt])[nH]1. The van der Waals surface area contributed by atoms with Gasteiger partial charge in [-0.25, -0.2) is 0 Å². The number of unbranched alkanes of at least 4 members (excludes halogenated alkanes) is 2. The summed E-state index contributed by atoms with van der Waals surface area (Å²) in [4.78, 5) is 3.18. The van der Waals surface area contributed by atoms with Gasteiger partial charge in [0.1, 0.15) is 0 Å². The Balaban J connectivity index is 1.49. The van der Waals surface area contributed by atoms with E-state index in [-0.39, 0.29) is 0 Å². The van der Waals surface area contributed by atoms with Crippen LogP contribution in [0.2, 0.25) is 0 Å². The maximum absolute atomic E-state index is 4.11. The first kappa shape index (κ1) is 16.1. The third-order valence-corrected chi connectivity index (χ3v) is 4.99. The van der Waals surface area contributed by atoms with E-state index in [9.17, 15) is 0 Å². The number of hydrogen-bond donors (Lipinski definition) is 1. The van der Waals surface area contributed by atoms with Gasteiger partial charge in [0.2, 0.25) is 0 Å². The molecule has 6 heteroatoms. The van der Waals surface area contributed by atoms with Crippen LogP contribution in [0.25, 0.3) is 5.69 Å². The van der Waals surface area contributed by atoms with E-state index >= 15 is 0 Å². The Morgan fingerprint density at radius 2 is 1.87 bits per heavy atom. The Kier molecular flexibility index (Phi) is 5.39. The number of hydrogen-bond acceptors (Lipinski definition) is 2. The van der Waals surface area contributed by atoms with E-state index in [1.807, 2.05) is 13.0 Å². The average Bonchev–Trinajstić information content (AvgIpc) is 3.14. The molecule has 0 radical (unpaired) electrons. The van der Waals surface area contributed by atoms with Gasteiger partial charge in [-0.3, -0.25) is 0 Å². The summed E-state index contributed by atoms with van der Waals surface area (Å²) in [5.41, 5.74) is 1.21. The number of aromatic nitrogens is 5. The van der Waals surface area contributed by atoms with Crippen molar-refractivity contribution in [2.45, 2.75) is 39.2 Å². The fourth-order valence-electron chi connectivity index (χ4n) is 2.59. The number of para-hydroxylation sites is 1. The van der Waals surface area contributed by atoms with Gasteiger partial charge >= 0.3 is 147 Å². The van der Waals surface area contributed by atoms with Gasteiger partial charge < -0.3 is 0 Å². The van der Waals surface area contributed by atoms with E-state index in [0.29, 0.717) is 0 Å². The molecule has 1 N–H and O–H groups in total. The summed E-state index contributed by atoms with van der Waals surface area (Å²) in [5, 5.41) is 8.10. The Morgan fingerprint density at radius 3 is 2.61 bits per heavy atom. The van der Waals surface area contributed by atoms with Crippen molar-refractivity contribution < 1.29 is 19.4 Å². The van der Waals surface area contributed by atoms with Crippen LogP contribution >= 0.6 is 0 Å². The molecule has 0 amide bonds. The summed E-state index contributed by atoms with van der Waals surface area (Å²) in [6.07, 6.45) is 8.79. The molecular weight excluding hydrogens is 469 g/mol. The van der Waals surface area contributed by atoms with Crippen molar-refractivity contribution in [3.05, 3.63) is 58.2 Å². The molecule has 3 aromatic rings. The van der Waals surface area contributed by atoms with Gasteiger partial charge in [-0.05, 0) is 0 Å². The topological polar surface area (TPSA) is 51.4 Å². The fraction of sp³-hybridized carbons (Fsp3) is 0.353. The van der Waals surface area contributed by atoms with E-state index in [4.69, 9.17) is 0 Å². The van der Waals surface area contributed by atoms with Crippen molar-refractivity contribution in [3.63, 3.8) is 0 Å². The van der Waals surface area contributed by atoms with Crippen molar-refractivity contribution in [2.24, 2.45) is 0 Å². The Hall–Kier alpha value is -1.74. The van der Waals surface area contributed by atoms with Crippen LogP contribution in [0.1, 0.15) is 30.9 Å². The van der Waals surface area contributed by atoms with Crippen LogP contribution in [0.5, 0.6) is 0 Å². The molecule has 2 aromatic heterocycles. The van der Waals surface area contributed by atoms with Crippen molar-refractivity contribution in [1.29, 1.82) is 0 Å². The molecule has 0 atom stereocenters. The first-order chi connectivity index (χ1) is 11.2. The maximum atomic E-state index is 4.11.